The summed E-state index contributed by atoms with van der Waals surface area (Å²) in [5, 5.41) is 0. The Morgan fingerprint density at radius 1 is 1.04 bits per heavy atom. The van der Waals surface area contributed by atoms with Crippen LogP contribution in [0.15, 0.2) is 30.3 Å². The largest absolute Gasteiger partial charge is 0.416 e. The molecule has 142 valence electrons. The number of halogens is 3. The zero-order valence-corrected chi connectivity index (χ0v) is 15.8. The molecule has 0 radical (unpaired) electrons. The second-order valence-corrected chi connectivity index (χ2v) is 8.08. The number of ether oxygens (including phenoxy) is 1. The van der Waals surface area contributed by atoms with Crippen molar-refractivity contribution >= 4 is 18.5 Å². The Hall–Kier alpha value is -1.58. The van der Waals surface area contributed by atoms with Gasteiger partial charge in [-0.05, 0) is 12.1 Å². The van der Waals surface area contributed by atoms with E-state index in [2.05, 4.69) is 9.97 Å². The Labute approximate surface area is 153 Å². The van der Waals surface area contributed by atoms with Crippen molar-refractivity contribution in [3.05, 3.63) is 41.6 Å². The lowest BCUT2D eigenvalue weighted by Gasteiger charge is -2.18. The van der Waals surface area contributed by atoms with E-state index in [1.165, 1.54) is 39.5 Å². The first-order chi connectivity index (χ1) is 12.2. The SMILES string of the molecule is COCc1cc(OP(=S)(OC)OC)nc(-c2ccc(C(F)(F)F)cc2)n1. The fourth-order valence-corrected chi connectivity index (χ4v) is 2.79. The highest BCUT2D eigenvalue weighted by Crippen LogP contribution is 2.47. The summed E-state index contributed by atoms with van der Waals surface area (Å²) in [5.74, 6) is 0.242. The van der Waals surface area contributed by atoms with Crippen molar-refractivity contribution < 1.29 is 31.5 Å². The van der Waals surface area contributed by atoms with Crippen LogP contribution in [0.4, 0.5) is 13.2 Å². The molecule has 1 heterocycles. The van der Waals surface area contributed by atoms with Crippen LogP contribution in [0.5, 0.6) is 5.88 Å². The van der Waals surface area contributed by atoms with Crippen molar-refractivity contribution in [3.8, 4) is 17.3 Å². The number of hydrogen-bond acceptors (Lipinski definition) is 7. The molecule has 0 bridgehead atoms. The van der Waals surface area contributed by atoms with Gasteiger partial charge in [-0.2, -0.15) is 18.2 Å². The van der Waals surface area contributed by atoms with Gasteiger partial charge < -0.3 is 18.3 Å². The highest BCUT2D eigenvalue weighted by molar-refractivity contribution is 8.07. The van der Waals surface area contributed by atoms with Gasteiger partial charge in [0.05, 0.1) is 17.9 Å². The minimum absolute atomic E-state index is 0.0778. The average molecular weight is 408 g/mol. The van der Waals surface area contributed by atoms with Gasteiger partial charge in [0.25, 0.3) is 0 Å². The first kappa shape index (κ1) is 20.7. The number of methoxy groups -OCH3 is 1. The second kappa shape index (κ2) is 8.41. The number of hydrogen-bond donors (Lipinski definition) is 0. The number of alkyl halides is 3. The van der Waals surface area contributed by atoms with Crippen LogP contribution in [-0.2, 0) is 38.4 Å². The first-order valence-electron chi connectivity index (χ1n) is 7.16. The summed E-state index contributed by atoms with van der Waals surface area (Å²) in [4.78, 5) is 8.46. The van der Waals surface area contributed by atoms with E-state index < -0.39 is 18.5 Å². The van der Waals surface area contributed by atoms with Crippen LogP contribution in [0.1, 0.15) is 11.3 Å². The Kier molecular flexibility index (Phi) is 6.70. The van der Waals surface area contributed by atoms with Crippen molar-refractivity contribution in [3.63, 3.8) is 0 Å². The van der Waals surface area contributed by atoms with E-state index in [-0.39, 0.29) is 18.3 Å². The highest BCUT2D eigenvalue weighted by atomic mass is 32.5. The van der Waals surface area contributed by atoms with Crippen LogP contribution >= 0.6 is 6.72 Å². The van der Waals surface area contributed by atoms with E-state index in [1.54, 1.807) is 0 Å². The lowest BCUT2D eigenvalue weighted by atomic mass is 10.1. The molecule has 0 spiro atoms. The summed E-state index contributed by atoms with van der Waals surface area (Å²) >= 11 is 5.14. The van der Waals surface area contributed by atoms with Gasteiger partial charge in [-0.3, -0.25) is 0 Å². The molecular formula is C15H16F3N2O4PS. The van der Waals surface area contributed by atoms with Crippen molar-refractivity contribution in [2.45, 2.75) is 12.8 Å². The molecule has 0 N–H and O–H groups in total. The van der Waals surface area contributed by atoms with Gasteiger partial charge in [-0.25, -0.2) is 4.98 Å². The van der Waals surface area contributed by atoms with E-state index in [1.807, 2.05) is 0 Å². The Morgan fingerprint density at radius 2 is 1.65 bits per heavy atom. The van der Waals surface area contributed by atoms with Crippen LogP contribution < -0.4 is 4.52 Å². The molecule has 2 aromatic rings. The molecule has 1 aromatic carbocycles. The second-order valence-electron chi connectivity index (χ2n) is 4.93. The fourth-order valence-electron chi connectivity index (χ4n) is 1.94. The van der Waals surface area contributed by atoms with Gasteiger partial charge in [0.2, 0.25) is 5.88 Å². The van der Waals surface area contributed by atoms with E-state index in [0.717, 1.165) is 12.1 Å². The van der Waals surface area contributed by atoms with Gasteiger partial charge in [0, 0.05) is 44.8 Å². The number of rotatable bonds is 7. The first-order valence-corrected chi connectivity index (χ1v) is 9.72. The number of benzene rings is 1. The van der Waals surface area contributed by atoms with Gasteiger partial charge in [0.15, 0.2) is 5.82 Å². The van der Waals surface area contributed by atoms with Crippen molar-refractivity contribution in [2.24, 2.45) is 0 Å². The topological polar surface area (TPSA) is 62.7 Å². The summed E-state index contributed by atoms with van der Waals surface area (Å²) in [6, 6.07) is 5.96. The van der Waals surface area contributed by atoms with E-state index in [0.29, 0.717) is 11.3 Å². The van der Waals surface area contributed by atoms with Crippen LogP contribution in [0, 0.1) is 0 Å². The normalized spacial score (nSPS) is 12.2. The Bertz CT molecular complexity index is 794. The molecule has 0 fully saturated rings. The number of aromatic nitrogens is 2. The lowest BCUT2D eigenvalue weighted by Crippen LogP contribution is -2.05. The Balaban J connectivity index is 2.43. The predicted molar refractivity (Wildman–Crippen MR) is 92.1 cm³/mol. The molecule has 2 rings (SSSR count). The van der Waals surface area contributed by atoms with Gasteiger partial charge >= 0.3 is 12.9 Å². The van der Waals surface area contributed by atoms with Crippen LogP contribution in [0.3, 0.4) is 0 Å². The van der Waals surface area contributed by atoms with E-state index >= 15 is 0 Å². The molecule has 0 atom stereocenters. The van der Waals surface area contributed by atoms with Crippen molar-refractivity contribution in [1.29, 1.82) is 0 Å². The third-order valence-corrected chi connectivity index (χ3v) is 5.59. The molecule has 1 aromatic heterocycles. The third kappa shape index (κ3) is 5.21. The zero-order chi connectivity index (χ0) is 19.4. The molecule has 0 aliphatic heterocycles. The van der Waals surface area contributed by atoms with Crippen molar-refractivity contribution in [2.75, 3.05) is 21.3 Å². The predicted octanol–water partition coefficient (Wildman–Crippen LogP) is 4.20. The van der Waals surface area contributed by atoms with E-state index in [9.17, 15) is 13.2 Å². The fraction of sp³-hybridized carbons (Fsp3) is 0.333. The maximum Gasteiger partial charge on any atom is 0.416 e. The maximum absolute atomic E-state index is 12.7. The quantitative estimate of drug-likeness (QED) is 0.636. The average Bonchev–Trinajstić information content (AvgIpc) is 2.61. The summed E-state index contributed by atoms with van der Waals surface area (Å²) in [5.41, 5.74) is 0.0742. The molecule has 0 amide bonds. The van der Waals surface area contributed by atoms with E-state index in [4.69, 9.17) is 30.1 Å². The number of nitrogens with zero attached hydrogens (tertiary/aromatic N) is 2. The summed E-state index contributed by atoms with van der Waals surface area (Å²) < 4.78 is 58.8. The summed E-state index contributed by atoms with van der Waals surface area (Å²) in [7, 11) is 4.17. The third-order valence-electron chi connectivity index (χ3n) is 3.17. The Morgan fingerprint density at radius 3 is 2.15 bits per heavy atom. The minimum Gasteiger partial charge on any atom is -0.406 e. The smallest absolute Gasteiger partial charge is 0.406 e. The molecule has 0 aliphatic rings. The molecule has 11 heteroatoms. The zero-order valence-electron chi connectivity index (χ0n) is 14.1. The van der Waals surface area contributed by atoms with Crippen LogP contribution in [-0.4, -0.2) is 31.3 Å². The molecule has 6 nitrogen and oxygen atoms in total. The molecule has 0 saturated heterocycles. The van der Waals surface area contributed by atoms with Crippen molar-refractivity contribution in [1.82, 2.24) is 9.97 Å². The monoisotopic (exact) mass is 408 g/mol. The van der Waals surface area contributed by atoms with Gasteiger partial charge in [0.1, 0.15) is 0 Å². The van der Waals surface area contributed by atoms with Crippen LogP contribution in [0.25, 0.3) is 11.4 Å². The molecular weight excluding hydrogens is 392 g/mol. The van der Waals surface area contributed by atoms with Crippen LogP contribution in [0.2, 0.25) is 0 Å². The van der Waals surface area contributed by atoms with Gasteiger partial charge in [-0.1, -0.05) is 12.1 Å². The maximum atomic E-state index is 12.7. The van der Waals surface area contributed by atoms with Gasteiger partial charge in [-0.15, -0.1) is 0 Å². The standard InChI is InChI=1S/C15H16F3N2O4PS/c1-21-9-12-8-13(24-25(26,22-2)23-3)20-14(19-12)10-4-6-11(7-5-10)15(16,17)18/h4-8H,9H2,1-3H3. The summed E-state index contributed by atoms with van der Waals surface area (Å²) in [6.45, 7) is -2.88. The summed E-state index contributed by atoms with van der Waals surface area (Å²) in [6.07, 6.45) is -4.42. The molecule has 0 aliphatic carbocycles. The lowest BCUT2D eigenvalue weighted by molar-refractivity contribution is -0.137. The molecule has 26 heavy (non-hydrogen) atoms. The molecule has 0 unspecified atom stereocenters. The highest BCUT2D eigenvalue weighted by Gasteiger charge is 2.30. The molecule has 0 saturated carbocycles. The minimum atomic E-state index is -4.42.